The third-order valence-corrected chi connectivity index (χ3v) is 4.00. The molecule has 0 radical (unpaired) electrons. The van der Waals surface area contributed by atoms with Gasteiger partial charge in [-0.15, -0.1) is 0 Å². The van der Waals surface area contributed by atoms with Gasteiger partial charge in [-0.2, -0.15) is 0 Å². The molecule has 0 aliphatic carbocycles. The van der Waals surface area contributed by atoms with Crippen LogP contribution in [0.25, 0.3) is 0 Å². The van der Waals surface area contributed by atoms with Crippen molar-refractivity contribution in [2.24, 2.45) is 5.92 Å². The van der Waals surface area contributed by atoms with Crippen molar-refractivity contribution < 1.29 is 4.92 Å². The first kappa shape index (κ1) is 14.6. The number of nitro benzene ring substituents is 1. The van der Waals surface area contributed by atoms with Gasteiger partial charge in [-0.3, -0.25) is 10.1 Å². The summed E-state index contributed by atoms with van der Waals surface area (Å²) in [4.78, 5) is 15.1. The number of rotatable bonds is 4. The molecule has 0 spiro atoms. The summed E-state index contributed by atoms with van der Waals surface area (Å²) >= 11 is 0. The molecule has 1 heterocycles. The Kier molecular flexibility index (Phi) is 4.13. The predicted octanol–water partition coefficient (Wildman–Crippen LogP) is 2.02. The van der Waals surface area contributed by atoms with Crippen molar-refractivity contribution in [1.82, 2.24) is 4.90 Å². The van der Waals surface area contributed by atoms with Crippen LogP contribution in [-0.4, -0.2) is 50.1 Å². The molecule has 0 aromatic heterocycles. The van der Waals surface area contributed by atoms with E-state index in [1.165, 1.54) is 0 Å². The van der Waals surface area contributed by atoms with E-state index in [1.807, 2.05) is 6.07 Å². The zero-order valence-corrected chi connectivity index (χ0v) is 12.5. The largest absolute Gasteiger partial charge is 0.388 e. The summed E-state index contributed by atoms with van der Waals surface area (Å²) in [6.07, 6.45) is 0. The molecule has 1 saturated heterocycles. The summed E-state index contributed by atoms with van der Waals surface area (Å²) in [5.74, 6) is 0.544. The Morgan fingerprint density at radius 2 is 2.05 bits per heavy atom. The zero-order valence-electron chi connectivity index (χ0n) is 12.5. The molecule has 1 N–H and O–H groups in total. The molecule has 1 fully saturated rings. The lowest BCUT2D eigenvalue weighted by atomic mass is 10.1. The van der Waals surface area contributed by atoms with Gasteiger partial charge in [-0.05, 0) is 26.1 Å². The van der Waals surface area contributed by atoms with Gasteiger partial charge in [-0.25, -0.2) is 0 Å². The Hall–Kier alpha value is -1.82. The average molecular weight is 278 g/mol. The van der Waals surface area contributed by atoms with Crippen LogP contribution in [0.2, 0.25) is 0 Å². The minimum atomic E-state index is -0.340. The first-order valence-corrected chi connectivity index (χ1v) is 6.81. The smallest absolute Gasteiger partial charge is 0.273 e. The van der Waals surface area contributed by atoms with Gasteiger partial charge in [0.1, 0.15) is 0 Å². The molecular formula is C14H22N4O2. The van der Waals surface area contributed by atoms with Gasteiger partial charge < -0.3 is 15.1 Å². The molecule has 110 valence electrons. The number of benzene rings is 1. The maximum atomic E-state index is 11.0. The van der Waals surface area contributed by atoms with E-state index in [-0.39, 0.29) is 10.6 Å². The topological polar surface area (TPSA) is 61.6 Å². The Morgan fingerprint density at radius 3 is 2.55 bits per heavy atom. The van der Waals surface area contributed by atoms with Gasteiger partial charge in [0, 0.05) is 49.7 Å². The SMILES string of the molecule is CNc1cc(N2CC(C)C(N(C)C)C2)cc([N+](=O)[O-])c1. The number of hydrogen-bond donors (Lipinski definition) is 1. The van der Waals surface area contributed by atoms with Crippen LogP contribution in [0.5, 0.6) is 0 Å². The lowest BCUT2D eigenvalue weighted by Crippen LogP contribution is -2.34. The molecule has 2 unspecified atom stereocenters. The maximum absolute atomic E-state index is 11.0. The quantitative estimate of drug-likeness (QED) is 0.674. The fourth-order valence-corrected chi connectivity index (χ4v) is 2.86. The van der Waals surface area contributed by atoms with E-state index >= 15 is 0 Å². The number of nitro groups is 1. The third kappa shape index (κ3) is 2.85. The van der Waals surface area contributed by atoms with Crippen molar-refractivity contribution in [3.8, 4) is 0 Å². The molecule has 0 saturated carbocycles. The van der Waals surface area contributed by atoms with Gasteiger partial charge in [0.25, 0.3) is 5.69 Å². The van der Waals surface area contributed by atoms with Gasteiger partial charge in [0.15, 0.2) is 0 Å². The van der Waals surface area contributed by atoms with Crippen molar-refractivity contribution in [3.05, 3.63) is 28.3 Å². The van der Waals surface area contributed by atoms with E-state index in [0.717, 1.165) is 24.5 Å². The average Bonchev–Trinajstić information content (AvgIpc) is 2.80. The van der Waals surface area contributed by atoms with Crippen molar-refractivity contribution in [3.63, 3.8) is 0 Å². The number of nitrogens with zero attached hydrogens (tertiary/aromatic N) is 3. The van der Waals surface area contributed by atoms with Gasteiger partial charge >= 0.3 is 0 Å². The van der Waals surface area contributed by atoms with Crippen LogP contribution in [0.1, 0.15) is 6.92 Å². The van der Waals surface area contributed by atoms with Crippen LogP contribution in [0, 0.1) is 16.0 Å². The van der Waals surface area contributed by atoms with Crippen LogP contribution in [0.3, 0.4) is 0 Å². The molecule has 1 aliphatic rings. The Morgan fingerprint density at radius 1 is 1.35 bits per heavy atom. The van der Waals surface area contributed by atoms with Crippen LogP contribution in [-0.2, 0) is 0 Å². The van der Waals surface area contributed by atoms with Gasteiger partial charge in [0.05, 0.1) is 4.92 Å². The molecule has 2 rings (SSSR count). The van der Waals surface area contributed by atoms with Crippen molar-refractivity contribution in [1.29, 1.82) is 0 Å². The Labute approximate surface area is 119 Å². The molecule has 2 atom stereocenters. The summed E-state index contributed by atoms with van der Waals surface area (Å²) in [6.45, 7) is 4.05. The highest BCUT2D eigenvalue weighted by atomic mass is 16.6. The van der Waals surface area contributed by atoms with Crippen LogP contribution in [0.4, 0.5) is 17.1 Å². The monoisotopic (exact) mass is 278 g/mol. The molecule has 20 heavy (non-hydrogen) atoms. The minimum Gasteiger partial charge on any atom is -0.388 e. The van der Waals surface area contributed by atoms with Crippen LogP contribution >= 0.6 is 0 Å². The van der Waals surface area contributed by atoms with E-state index in [4.69, 9.17) is 0 Å². The number of anilines is 2. The molecule has 6 heteroatoms. The van der Waals surface area contributed by atoms with Gasteiger partial charge in [0.2, 0.25) is 0 Å². The van der Waals surface area contributed by atoms with E-state index in [2.05, 4.69) is 36.1 Å². The van der Waals surface area contributed by atoms with E-state index in [1.54, 1.807) is 19.2 Å². The standard InChI is InChI=1S/C14H22N4O2/c1-10-8-17(9-14(10)16(3)4)12-5-11(15-2)6-13(7-12)18(19)20/h5-7,10,14-15H,8-9H2,1-4H3. The summed E-state index contributed by atoms with van der Waals surface area (Å²) in [5, 5.41) is 14.0. The Balaban J connectivity index is 2.29. The normalized spacial score (nSPS) is 22.4. The lowest BCUT2D eigenvalue weighted by Gasteiger charge is -2.23. The fraction of sp³-hybridized carbons (Fsp3) is 0.571. The van der Waals surface area contributed by atoms with Crippen LogP contribution in [0.15, 0.2) is 18.2 Å². The number of non-ortho nitro benzene ring substituents is 1. The first-order chi connectivity index (χ1) is 9.42. The molecule has 1 aromatic rings. The summed E-state index contributed by atoms with van der Waals surface area (Å²) < 4.78 is 0. The molecule has 6 nitrogen and oxygen atoms in total. The third-order valence-electron chi connectivity index (χ3n) is 4.00. The number of hydrogen-bond acceptors (Lipinski definition) is 5. The number of likely N-dealkylation sites (N-methyl/N-ethyl adjacent to an activating group) is 1. The first-order valence-electron chi connectivity index (χ1n) is 6.81. The molecule has 1 aromatic carbocycles. The summed E-state index contributed by atoms with van der Waals surface area (Å²) in [7, 11) is 5.94. The molecule has 0 amide bonds. The fourth-order valence-electron chi connectivity index (χ4n) is 2.86. The predicted molar refractivity (Wildman–Crippen MR) is 81.5 cm³/mol. The Bertz CT molecular complexity index is 504. The molecule has 1 aliphatic heterocycles. The second-order valence-electron chi connectivity index (χ2n) is 5.66. The van der Waals surface area contributed by atoms with Crippen LogP contribution < -0.4 is 10.2 Å². The number of nitrogens with one attached hydrogen (secondary N) is 1. The van der Waals surface area contributed by atoms with E-state index in [9.17, 15) is 10.1 Å². The van der Waals surface area contributed by atoms with E-state index in [0.29, 0.717) is 12.0 Å². The van der Waals surface area contributed by atoms with Gasteiger partial charge in [-0.1, -0.05) is 6.92 Å². The lowest BCUT2D eigenvalue weighted by molar-refractivity contribution is -0.384. The van der Waals surface area contributed by atoms with Crippen molar-refractivity contribution in [2.75, 3.05) is 44.4 Å². The minimum absolute atomic E-state index is 0.132. The van der Waals surface area contributed by atoms with Crippen molar-refractivity contribution >= 4 is 17.1 Å². The molecule has 0 bridgehead atoms. The second-order valence-corrected chi connectivity index (χ2v) is 5.66. The molecular weight excluding hydrogens is 256 g/mol. The zero-order chi connectivity index (χ0) is 14.9. The highest BCUT2D eigenvalue weighted by Crippen LogP contribution is 2.31. The highest BCUT2D eigenvalue weighted by Gasteiger charge is 2.31. The maximum Gasteiger partial charge on any atom is 0.273 e. The summed E-state index contributed by atoms with van der Waals surface area (Å²) in [6, 6.07) is 5.67. The highest BCUT2D eigenvalue weighted by molar-refractivity contribution is 5.64. The van der Waals surface area contributed by atoms with Crippen molar-refractivity contribution in [2.45, 2.75) is 13.0 Å². The summed E-state index contributed by atoms with van der Waals surface area (Å²) in [5.41, 5.74) is 1.82. The van der Waals surface area contributed by atoms with E-state index < -0.39 is 0 Å². The second kappa shape index (κ2) is 5.66.